The molecular formula is C12H14BrNO2. The van der Waals surface area contributed by atoms with Crippen LogP contribution in [0.4, 0.5) is 0 Å². The predicted molar refractivity (Wildman–Crippen MR) is 65.2 cm³/mol. The minimum absolute atomic E-state index is 0.192. The molecule has 0 radical (unpaired) electrons. The molecule has 1 heterocycles. The fourth-order valence-corrected chi connectivity index (χ4v) is 2.46. The average Bonchev–Trinajstić information content (AvgIpc) is 2.70. The van der Waals surface area contributed by atoms with Crippen molar-refractivity contribution in [2.75, 3.05) is 13.1 Å². The minimum atomic E-state index is -0.672. The number of nitrogens with zero attached hydrogens (tertiary/aromatic N) is 1. The molecule has 0 bridgehead atoms. The van der Waals surface area contributed by atoms with Gasteiger partial charge in [-0.3, -0.25) is 9.69 Å². The van der Waals surface area contributed by atoms with Gasteiger partial charge in [-0.2, -0.15) is 0 Å². The molecule has 0 amide bonds. The maximum absolute atomic E-state index is 10.8. The van der Waals surface area contributed by atoms with Crippen molar-refractivity contribution in [3.63, 3.8) is 0 Å². The van der Waals surface area contributed by atoms with E-state index in [9.17, 15) is 4.79 Å². The van der Waals surface area contributed by atoms with E-state index in [1.54, 1.807) is 0 Å². The molecule has 1 aromatic rings. The highest BCUT2D eigenvalue weighted by atomic mass is 79.9. The molecule has 0 aromatic heterocycles. The first-order valence-corrected chi connectivity index (χ1v) is 6.14. The smallest absolute Gasteiger partial charge is 0.307 e. The van der Waals surface area contributed by atoms with Crippen molar-refractivity contribution < 1.29 is 9.90 Å². The number of aliphatic carboxylic acids is 1. The fourth-order valence-electron chi connectivity index (χ4n) is 2.05. The molecular weight excluding hydrogens is 270 g/mol. The van der Waals surface area contributed by atoms with Crippen LogP contribution in [0.15, 0.2) is 28.7 Å². The number of hydrogen-bond acceptors (Lipinski definition) is 2. The number of hydrogen-bond donors (Lipinski definition) is 1. The number of carboxylic acids is 1. The minimum Gasteiger partial charge on any atom is -0.481 e. The largest absolute Gasteiger partial charge is 0.481 e. The quantitative estimate of drug-likeness (QED) is 0.926. The van der Waals surface area contributed by atoms with E-state index < -0.39 is 5.97 Å². The highest BCUT2D eigenvalue weighted by Gasteiger charge is 2.27. The van der Waals surface area contributed by atoms with Gasteiger partial charge >= 0.3 is 5.97 Å². The maximum Gasteiger partial charge on any atom is 0.307 e. The molecule has 0 spiro atoms. The molecule has 1 unspecified atom stereocenters. The summed E-state index contributed by atoms with van der Waals surface area (Å²) in [4.78, 5) is 13.0. The molecule has 0 saturated carbocycles. The molecule has 86 valence electrons. The van der Waals surface area contributed by atoms with E-state index in [0.29, 0.717) is 6.54 Å². The topological polar surface area (TPSA) is 40.5 Å². The SMILES string of the molecule is O=C(O)C1CCN(Cc2ccccc2Br)C1. The Labute approximate surface area is 103 Å². The van der Waals surface area contributed by atoms with Crippen LogP contribution in [0.5, 0.6) is 0 Å². The molecule has 2 rings (SSSR count). The first-order valence-electron chi connectivity index (χ1n) is 5.35. The standard InChI is InChI=1S/C12H14BrNO2/c13-11-4-2-1-3-9(11)7-14-6-5-10(8-14)12(15)16/h1-4,10H,5-8H2,(H,15,16). The second kappa shape index (κ2) is 4.97. The van der Waals surface area contributed by atoms with E-state index in [1.807, 2.05) is 18.2 Å². The molecule has 1 aliphatic heterocycles. The number of carbonyl (C=O) groups is 1. The van der Waals surface area contributed by atoms with E-state index in [4.69, 9.17) is 5.11 Å². The molecule has 16 heavy (non-hydrogen) atoms. The molecule has 1 aliphatic rings. The number of carboxylic acid groups (broad SMARTS) is 1. The van der Waals surface area contributed by atoms with Crippen molar-refractivity contribution in [1.29, 1.82) is 0 Å². The van der Waals surface area contributed by atoms with Crippen LogP contribution < -0.4 is 0 Å². The van der Waals surface area contributed by atoms with Gasteiger partial charge in [-0.25, -0.2) is 0 Å². The summed E-state index contributed by atoms with van der Waals surface area (Å²) in [5, 5.41) is 8.92. The van der Waals surface area contributed by atoms with Crippen molar-refractivity contribution >= 4 is 21.9 Å². The van der Waals surface area contributed by atoms with Crippen molar-refractivity contribution in [3.05, 3.63) is 34.3 Å². The molecule has 1 fully saturated rings. The van der Waals surface area contributed by atoms with Crippen LogP contribution in [-0.2, 0) is 11.3 Å². The van der Waals surface area contributed by atoms with Gasteiger partial charge in [0.25, 0.3) is 0 Å². The summed E-state index contributed by atoms with van der Waals surface area (Å²) >= 11 is 3.50. The van der Waals surface area contributed by atoms with Crippen molar-refractivity contribution in [2.24, 2.45) is 5.92 Å². The zero-order chi connectivity index (χ0) is 11.5. The zero-order valence-electron chi connectivity index (χ0n) is 8.90. The van der Waals surface area contributed by atoms with Crippen LogP contribution in [0.2, 0.25) is 0 Å². The highest BCUT2D eigenvalue weighted by molar-refractivity contribution is 9.10. The van der Waals surface area contributed by atoms with Gasteiger partial charge < -0.3 is 5.11 Å². The predicted octanol–water partition coefficient (Wildman–Crippen LogP) is 2.36. The fraction of sp³-hybridized carbons (Fsp3) is 0.417. The third-order valence-corrected chi connectivity index (χ3v) is 3.75. The summed E-state index contributed by atoms with van der Waals surface area (Å²) in [6.07, 6.45) is 0.764. The summed E-state index contributed by atoms with van der Waals surface area (Å²) in [7, 11) is 0. The van der Waals surface area contributed by atoms with Gasteiger partial charge in [0.15, 0.2) is 0 Å². The van der Waals surface area contributed by atoms with Gasteiger partial charge in [-0.05, 0) is 24.6 Å². The molecule has 1 aromatic carbocycles. The van der Waals surface area contributed by atoms with Gasteiger partial charge in [-0.15, -0.1) is 0 Å². The van der Waals surface area contributed by atoms with Crippen LogP contribution in [0, 0.1) is 5.92 Å². The first-order chi connectivity index (χ1) is 7.66. The van der Waals surface area contributed by atoms with Gasteiger partial charge in [0.2, 0.25) is 0 Å². The number of halogens is 1. The van der Waals surface area contributed by atoms with Gasteiger partial charge in [0.1, 0.15) is 0 Å². The van der Waals surface area contributed by atoms with Crippen molar-refractivity contribution in [3.8, 4) is 0 Å². The Hall–Kier alpha value is -0.870. The van der Waals surface area contributed by atoms with E-state index >= 15 is 0 Å². The maximum atomic E-state index is 10.8. The molecule has 1 N–H and O–H groups in total. The van der Waals surface area contributed by atoms with Gasteiger partial charge in [0, 0.05) is 17.6 Å². The Morgan fingerprint density at radius 3 is 2.88 bits per heavy atom. The van der Waals surface area contributed by atoms with E-state index in [2.05, 4.69) is 26.9 Å². The second-order valence-electron chi connectivity index (χ2n) is 4.15. The first kappa shape index (κ1) is 11.6. The Morgan fingerprint density at radius 1 is 1.50 bits per heavy atom. The lowest BCUT2D eigenvalue weighted by atomic mass is 10.1. The number of likely N-dealkylation sites (tertiary alicyclic amines) is 1. The summed E-state index contributed by atoms with van der Waals surface area (Å²) < 4.78 is 1.09. The average molecular weight is 284 g/mol. The van der Waals surface area contributed by atoms with Crippen LogP contribution in [0.3, 0.4) is 0 Å². The van der Waals surface area contributed by atoms with E-state index in [0.717, 1.165) is 24.0 Å². The Bertz CT molecular complexity index is 394. The Morgan fingerprint density at radius 2 is 2.25 bits per heavy atom. The second-order valence-corrected chi connectivity index (χ2v) is 5.00. The highest BCUT2D eigenvalue weighted by Crippen LogP contribution is 2.22. The van der Waals surface area contributed by atoms with Gasteiger partial charge in [-0.1, -0.05) is 34.1 Å². The van der Waals surface area contributed by atoms with Gasteiger partial charge in [0.05, 0.1) is 5.92 Å². The number of benzene rings is 1. The number of rotatable bonds is 3. The molecule has 1 saturated heterocycles. The van der Waals surface area contributed by atoms with Crippen LogP contribution in [0.25, 0.3) is 0 Å². The van der Waals surface area contributed by atoms with Crippen molar-refractivity contribution in [1.82, 2.24) is 4.90 Å². The third-order valence-electron chi connectivity index (χ3n) is 2.97. The van der Waals surface area contributed by atoms with E-state index in [1.165, 1.54) is 5.56 Å². The lowest BCUT2D eigenvalue weighted by Gasteiger charge is -2.16. The summed E-state index contributed by atoms with van der Waals surface area (Å²) in [6, 6.07) is 8.07. The molecule has 0 aliphatic carbocycles. The third kappa shape index (κ3) is 2.62. The lowest BCUT2D eigenvalue weighted by Crippen LogP contribution is -2.22. The molecule has 1 atom stereocenters. The van der Waals surface area contributed by atoms with Crippen LogP contribution >= 0.6 is 15.9 Å². The molecule has 3 nitrogen and oxygen atoms in total. The van der Waals surface area contributed by atoms with Crippen LogP contribution in [-0.4, -0.2) is 29.1 Å². The summed E-state index contributed by atoms with van der Waals surface area (Å²) in [5.41, 5.74) is 1.22. The molecule has 4 heteroatoms. The summed E-state index contributed by atoms with van der Waals surface area (Å²) in [6.45, 7) is 2.36. The lowest BCUT2D eigenvalue weighted by molar-refractivity contribution is -0.141. The normalized spacial score (nSPS) is 21.2. The van der Waals surface area contributed by atoms with E-state index in [-0.39, 0.29) is 5.92 Å². The monoisotopic (exact) mass is 283 g/mol. The van der Waals surface area contributed by atoms with Crippen molar-refractivity contribution in [2.45, 2.75) is 13.0 Å². The zero-order valence-corrected chi connectivity index (χ0v) is 10.5. The summed E-state index contributed by atoms with van der Waals surface area (Å²) in [5.74, 6) is -0.864. The Balaban J connectivity index is 1.97. The Kier molecular flexibility index (Phi) is 3.61. The van der Waals surface area contributed by atoms with Crippen LogP contribution in [0.1, 0.15) is 12.0 Å².